The number of carbonyl (C=O) groups excluding carboxylic acids is 3. The third kappa shape index (κ3) is 2.96. The van der Waals surface area contributed by atoms with Crippen molar-refractivity contribution in [3.63, 3.8) is 0 Å². The highest BCUT2D eigenvalue weighted by atomic mass is 35.5. The van der Waals surface area contributed by atoms with Gasteiger partial charge in [0, 0.05) is 37.0 Å². The Morgan fingerprint density at radius 1 is 1.15 bits per heavy atom. The van der Waals surface area contributed by atoms with Crippen molar-refractivity contribution in [3.05, 3.63) is 34.9 Å². The van der Waals surface area contributed by atoms with Gasteiger partial charge in [0.15, 0.2) is 0 Å². The van der Waals surface area contributed by atoms with E-state index in [9.17, 15) is 14.4 Å². The number of hydrogen-bond donors (Lipinski definition) is 1. The highest BCUT2D eigenvalue weighted by molar-refractivity contribution is 6.31. The number of likely N-dealkylation sites (tertiary alicyclic amines) is 1. The average Bonchev–Trinajstić information content (AvgIpc) is 3.27. The van der Waals surface area contributed by atoms with Gasteiger partial charge in [0.05, 0.1) is 0 Å². The molecule has 3 aliphatic rings. The summed E-state index contributed by atoms with van der Waals surface area (Å²) < 4.78 is 0. The first-order chi connectivity index (χ1) is 12.5. The molecule has 1 unspecified atom stereocenters. The van der Waals surface area contributed by atoms with E-state index in [1.165, 1.54) is 4.90 Å². The molecule has 4 amide bonds. The lowest BCUT2D eigenvalue weighted by Gasteiger charge is -2.22. The van der Waals surface area contributed by atoms with Crippen LogP contribution in [-0.2, 0) is 16.1 Å². The van der Waals surface area contributed by atoms with Gasteiger partial charge in [-0.15, -0.1) is 0 Å². The number of rotatable bonds is 4. The summed E-state index contributed by atoms with van der Waals surface area (Å²) in [6, 6.07) is 7.16. The summed E-state index contributed by atoms with van der Waals surface area (Å²) in [7, 11) is 0. The average molecular weight is 376 g/mol. The van der Waals surface area contributed by atoms with E-state index in [4.69, 9.17) is 11.6 Å². The number of benzene rings is 1. The molecule has 1 aliphatic carbocycles. The molecule has 7 heteroatoms. The smallest absolute Gasteiger partial charge is 0.325 e. The topological polar surface area (TPSA) is 69.7 Å². The summed E-state index contributed by atoms with van der Waals surface area (Å²) in [6.07, 6.45) is 3.72. The number of urea groups is 1. The summed E-state index contributed by atoms with van der Waals surface area (Å²) in [4.78, 5) is 40.5. The summed E-state index contributed by atoms with van der Waals surface area (Å²) in [5, 5.41) is 3.53. The van der Waals surface area contributed by atoms with Crippen LogP contribution < -0.4 is 5.32 Å². The highest BCUT2D eigenvalue weighted by Gasteiger charge is 2.53. The van der Waals surface area contributed by atoms with E-state index in [0.29, 0.717) is 31.1 Å². The lowest BCUT2D eigenvalue weighted by atomic mass is 9.97. The zero-order valence-electron chi connectivity index (χ0n) is 14.5. The maximum absolute atomic E-state index is 12.8. The molecule has 0 radical (unpaired) electrons. The number of nitrogens with one attached hydrogen (secondary N) is 1. The van der Waals surface area contributed by atoms with E-state index < -0.39 is 5.54 Å². The zero-order valence-corrected chi connectivity index (χ0v) is 15.3. The van der Waals surface area contributed by atoms with Crippen LogP contribution in [-0.4, -0.2) is 46.3 Å². The number of imide groups is 1. The molecule has 26 heavy (non-hydrogen) atoms. The Kier molecular flexibility index (Phi) is 4.39. The largest absolute Gasteiger partial charge is 0.338 e. The summed E-state index contributed by atoms with van der Waals surface area (Å²) in [6.45, 7) is 1.30. The van der Waals surface area contributed by atoms with E-state index >= 15 is 0 Å². The maximum Gasteiger partial charge on any atom is 0.325 e. The Morgan fingerprint density at radius 2 is 1.88 bits per heavy atom. The Labute approximate surface area is 157 Å². The van der Waals surface area contributed by atoms with E-state index in [0.717, 1.165) is 31.2 Å². The normalized spacial score (nSPS) is 24.8. The van der Waals surface area contributed by atoms with Gasteiger partial charge in [-0.05, 0) is 24.5 Å². The SMILES string of the molecule is O=C1CC(CN2C(=O)NC3(CCCC3)C2=O)CN1Cc1ccccc1Cl. The molecule has 3 fully saturated rings. The molecule has 1 aromatic carbocycles. The van der Waals surface area contributed by atoms with Crippen LogP contribution in [0.2, 0.25) is 5.02 Å². The maximum atomic E-state index is 12.8. The molecule has 1 atom stereocenters. The summed E-state index contributed by atoms with van der Waals surface area (Å²) >= 11 is 6.19. The minimum Gasteiger partial charge on any atom is -0.338 e. The van der Waals surface area contributed by atoms with Crippen molar-refractivity contribution in [2.45, 2.75) is 44.2 Å². The van der Waals surface area contributed by atoms with Crippen molar-refractivity contribution >= 4 is 29.4 Å². The molecule has 4 rings (SSSR count). The first kappa shape index (κ1) is 17.3. The van der Waals surface area contributed by atoms with Crippen LogP contribution in [0.5, 0.6) is 0 Å². The molecular weight excluding hydrogens is 354 g/mol. The van der Waals surface area contributed by atoms with E-state index in [1.54, 1.807) is 4.90 Å². The van der Waals surface area contributed by atoms with Crippen LogP contribution in [0.3, 0.4) is 0 Å². The van der Waals surface area contributed by atoms with E-state index in [-0.39, 0.29) is 23.8 Å². The Morgan fingerprint density at radius 3 is 2.62 bits per heavy atom. The van der Waals surface area contributed by atoms with Crippen LogP contribution in [0.1, 0.15) is 37.7 Å². The molecule has 1 spiro atoms. The monoisotopic (exact) mass is 375 g/mol. The van der Waals surface area contributed by atoms with Gasteiger partial charge in [0.2, 0.25) is 5.91 Å². The second-order valence-corrected chi connectivity index (χ2v) is 7.98. The standard InChI is InChI=1S/C19H22ClN3O3/c20-15-6-2-1-5-14(15)12-22-10-13(9-16(22)24)11-23-17(25)19(21-18(23)26)7-3-4-8-19/h1-2,5-6,13H,3-4,7-12H2,(H,21,26). The van der Waals surface area contributed by atoms with Crippen LogP contribution >= 0.6 is 11.6 Å². The first-order valence-electron chi connectivity index (χ1n) is 9.14. The van der Waals surface area contributed by atoms with Gasteiger partial charge >= 0.3 is 6.03 Å². The molecule has 138 valence electrons. The number of hydrogen-bond acceptors (Lipinski definition) is 3. The molecule has 1 N–H and O–H groups in total. The third-order valence-corrected chi connectivity index (χ3v) is 6.13. The minimum atomic E-state index is -0.684. The predicted molar refractivity (Wildman–Crippen MR) is 96.4 cm³/mol. The number of amides is 4. The van der Waals surface area contributed by atoms with Crippen LogP contribution in [0.15, 0.2) is 24.3 Å². The van der Waals surface area contributed by atoms with Gasteiger partial charge < -0.3 is 10.2 Å². The van der Waals surface area contributed by atoms with Crippen LogP contribution in [0.25, 0.3) is 0 Å². The number of carbonyl (C=O) groups is 3. The number of nitrogens with zero attached hydrogens (tertiary/aromatic N) is 2. The molecule has 0 aromatic heterocycles. The van der Waals surface area contributed by atoms with Crippen molar-refractivity contribution < 1.29 is 14.4 Å². The van der Waals surface area contributed by atoms with Gasteiger partial charge in [0.1, 0.15) is 5.54 Å². The van der Waals surface area contributed by atoms with Gasteiger partial charge in [-0.25, -0.2) is 4.79 Å². The minimum absolute atomic E-state index is 0.0313. The quantitative estimate of drug-likeness (QED) is 0.822. The van der Waals surface area contributed by atoms with E-state index in [2.05, 4.69) is 5.32 Å². The molecule has 6 nitrogen and oxygen atoms in total. The molecule has 1 saturated carbocycles. The van der Waals surface area contributed by atoms with Gasteiger partial charge in [0.25, 0.3) is 5.91 Å². The molecule has 0 bridgehead atoms. The Balaban J connectivity index is 1.41. The molecule has 1 aromatic rings. The molecule has 2 heterocycles. The second kappa shape index (κ2) is 6.58. The molecular formula is C19H22ClN3O3. The fourth-order valence-electron chi connectivity index (χ4n) is 4.38. The molecule has 2 aliphatic heterocycles. The van der Waals surface area contributed by atoms with Crippen molar-refractivity contribution in [1.82, 2.24) is 15.1 Å². The lowest BCUT2D eigenvalue weighted by Crippen LogP contribution is -2.44. The first-order valence-corrected chi connectivity index (χ1v) is 9.52. The number of halogens is 1. The second-order valence-electron chi connectivity index (χ2n) is 7.57. The van der Waals surface area contributed by atoms with Crippen LogP contribution in [0.4, 0.5) is 4.79 Å². The Bertz CT molecular complexity index is 760. The van der Waals surface area contributed by atoms with Gasteiger partial charge in [-0.3, -0.25) is 14.5 Å². The third-order valence-electron chi connectivity index (χ3n) is 5.76. The highest BCUT2D eigenvalue weighted by Crippen LogP contribution is 2.36. The van der Waals surface area contributed by atoms with Crippen molar-refractivity contribution in [3.8, 4) is 0 Å². The van der Waals surface area contributed by atoms with Crippen molar-refractivity contribution in [1.29, 1.82) is 0 Å². The lowest BCUT2D eigenvalue weighted by molar-refractivity contribution is -0.132. The fraction of sp³-hybridized carbons (Fsp3) is 0.526. The van der Waals surface area contributed by atoms with E-state index in [1.807, 2.05) is 24.3 Å². The summed E-state index contributed by atoms with van der Waals surface area (Å²) in [5.41, 5.74) is 0.222. The van der Waals surface area contributed by atoms with Crippen LogP contribution in [0, 0.1) is 5.92 Å². The predicted octanol–water partition coefficient (Wildman–Crippen LogP) is 2.55. The van der Waals surface area contributed by atoms with Gasteiger partial charge in [-0.2, -0.15) is 0 Å². The summed E-state index contributed by atoms with van der Waals surface area (Å²) in [5.74, 6) is -0.106. The Hall–Kier alpha value is -2.08. The molecule has 2 saturated heterocycles. The van der Waals surface area contributed by atoms with Crippen molar-refractivity contribution in [2.75, 3.05) is 13.1 Å². The van der Waals surface area contributed by atoms with Gasteiger partial charge in [-0.1, -0.05) is 42.6 Å². The van der Waals surface area contributed by atoms with Crippen molar-refractivity contribution in [2.24, 2.45) is 5.92 Å². The fourth-order valence-corrected chi connectivity index (χ4v) is 4.57. The zero-order chi connectivity index (χ0) is 18.3.